The molecule has 0 unspecified atom stereocenters. The molecule has 1 nitrogen and oxygen atoms in total. The molecule has 1 aromatic heterocycles. The first kappa shape index (κ1) is 14.5. The van der Waals surface area contributed by atoms with Crippen molar-refractivity contribution in [1.29, 1.82) is 0 Å². The number of hydrogen-bond acceptors (Lipinski definition) is 1. The number of benzene rings is 2. The maximum atomic E-state index is 4.84. The van der Waals surface area contributed by atoms with Crippen molar-refractivity contribution in [3.05, 3.63) is 52.6 Å². The van der Waals surface area contributed by atoms with Gasteiger partial charge in [0.05, 0.1) is 11.0 Å². The summed E-state index contributed by atoms with van der Waals surface area (Å²) in [7, 11) is 0. The predicted molar refractivity (Wildman–Crippen MR) is 89.5 cm³/mol. The molecule has 0 saturated carbocycles. The van der Waals surface area contributed by atoms with E-state index in [-0.39, 0.29) is 0 Å². The van der Waals surface area contributed by atoms with E-state index in [1.165, 1.54) is 33.0 Å². The molecule has 0 bridgehead atoms. The van der Waals surface area contributed by atoms with E-state index in [2.05, 4.69) is 58.0 Å². The SMILES string of the molecule is CC.Cc1cc(C)c2nc3ccccc3c(C)c2c1C. The number of aryl methyl sites for hydroxylation is 4. The molecule has 0 N–H and O–H groups in total. The topological polar surface area (TPSA) is 12.9 Å². The summed E-state index contributed by atoms with van der Waals surface area (Å²) in [4.78, 5) is 4.84. The highest BCUT2D eigenvalue weighted by Crippen LogP contribution is 2.31. The number of pyridine rings is 1. The van der Waals surface area contributed by atoms with E-state index < -0.39 is 0 Å². The van der Waals surface area contributed by atoms with Crippen molar-refractivity contribution >= 4 is 21.8 Å². The van der Waals surface area contributed by atoms with Gasteiger partial charge in [-0.25, -0.2) is 4.98 Å². The van der Waals surface area contributed by atoms with Crippen LogP contribution in [0.2, 0.25) is 0 Å². The van der Waals surface area contributed by atoms with Crippen molar-refractivity contribution in [2.75, 3.05) is 0 Å². The van der Waals surface area contributed by atoms with E-state index in [4.69, 9.17) is 4.98 Å². The van der Waals surface area contributed by atoms with Crippen LogP contribution < -0.4 is 0 Å². The van der Waals surface area contributed by atoms with E-state index in [0.717, 1.165) is 11.0 Å². The van der Waals surface area contributed by atoms with Gasteiger partial charge in [0.2, 0.25) is 0 Å². The zero-order valence-corrected chi connectivity index (χ0v) is 13.3. The predicted octanol–water partition coefficient (Wildman–Crippen LogP) is 5.65. The highest BCUT2D eigenvalue weighted by molar-refractivity contribution is 6.00. The molecule has 0 fully saturated rings. The second-order valence-electron chi connectivity index (χ2n) is 5.11. The second-order valence-corrected chi connectivity index (χ2v) is 5.11. The Labute approximate surface area is 121 Å². The highest BCUT2D eigenvalue weighted by Gasteiger charge is 2.11. The number of aromatic nitrogens is 1. The minimum atomic E-state index is 1.09. The molecule has 0 saturated heterocycles. The Hall–Kier alpha value is -1.89. The zero-order chi connectivity index (χ0) is 14.9. The van der Waals surface area contributed by atoms with Gasteiger partial charge in [0.25, 0.3) is 0 Å². The molecule has 0 aliphatic carbocycles. The molecule has 0 atom stereocenters. The van der Waals surface area contributed by atoms with Gasteiger partial charge in [-0.05, 0) is 56.0 Å². The second kappa shape index (κ2) is 5.62. The summed E-state index contributed by atoms with van der Waals surface area (Å²) >= 11 is 0. The lowest BCUT2D eigenvalue weighted by Gasteiger charge is -2.13. The van der Waals surface area contributed by atoms with Gasteiger partial charge in [-0.2, -0.15) is 0 Å². The lowest BCUT2D eigenvalue weighted by Crippen LogP contribution is -1.95. The van der Waals surface area contributed by atoms with Crippen LogP contribution in [-0.4, -0.2) is 4.98 Å². The third-order valence-corrected chi connectivity index (χ3v) is 3.93. The highest BCUT2D eigenvalue weighted by atomic mass is 14.7. The van der Waals surface area contributed by atoms with Crippen molar-refractivity contribution in [1.82, 2.24) is 4.98 Å². The molecule has 104 valence electrons. The van der Waals surface area contributed by atoms with Crippen LogP contribution in [0, 0.1) is 27.7 Å². The molecule has 1 heterocycles. The molecule has 0 aliphatic rings. The van der Waals surface area contributed by atoms with Crippen molar-refractivity contribution in [2.45, 2.75) is 41.5 Å². The van der Waals surface area contributed by atoms with Gasteiger partial charge in [0, 0.05) is 10.8 Å². The van der Waals surface area contributed by atoms with Crippen LogP contribution in [0.5, 0.6) is 0 Å². The van der Waals surface area contributed by atoms with Crippen LogP contribution >= 0.6 is 0 Å². The Bertz CT molecular complexity index is 770. The van der Waals surface area contributed by atoms with E-state index in [1.54, 1.807) is 0 Å². The molecule has 0 aliphatic heterocycles. The van der Waals surface area contributed by atoms with Gasteiger partial charge in [0.15, 0.2) is 0 Å². The third kappa shape index (κ3) is 2.18. The smallest absolute Gasteiger partial charge is 0.0744 e. The number of hydrogen-bond donors (Lipinski definition) is 0. The van der Waals surface area contributed by atoms with Crippen LogP contribution in [0.4, 0.5) is 0 Å². The Kier molecular flexibility index (Phi) is 4.08. The van der Waals surface area contributed by atoms with Crippen molar-refractivity contribution in [3.8, 4) is 0 Å². The molecule has 3 rings (SSSR count). The number of para-hydroxylation sites is 1. The van der Waals surface area contributed by atoms with Gasteiger partial charge in [-0.1, -0.05) is 38.1 Å². The Morgan fingerprint density at radius 1 is 0.800 bits per heavy atom. The van der Waals surface area contributed by atoms with E-state index in [0.29, 0.717) is 0 Å². The first-order valence-electron chi connectivity index (χ1n) is 7.35. The van der Waals surface area contributed by atoms with E-state index in [9.17, 15) is 0 Å². The van der Waals surface area contributed by atoms with Gasteiger partial charge < -0.3 is 0 Å². The lowest BCUT2D eigenvalue weighted by molar-refractivity contribution is 1.30. The molecule has 1 heteroatoms. The Morgan fingerprint density at radius 2 is 1.45 bits per heavy atom. The fourth-order valence-corrected chi connectivity index (χ4v) is 2.82. The quantitative estimate of drug-likeness (QED) is 0.479. The zero-order valence-electron chi connectivity index (χ0n) is 13.3. The minimum absolute atomic E-state index is 1.09. The Balaban J connectivity index is 0.000000704. The molecule has 2 aromatic carbocycles. The summed E-state index contributed by atoms with van der Waals surface area (Å²) in [5.41, 5.74) is 7.55. The summed E-state index contributed by atoms with van der Waals surface area (Å²) in [5.74, 6) is 0. The fraction of sp³-hybridized carbons (Fsp3) is 0.316. The van der Waals surface area contributed by atoms with E-state index >= 15 is 0 Å². The van der Waals surface area contributed by atoms with Gasteiger partial charge >= 0.3 is 0 Å². The largest absolute Gasteiger partial charge is 0.247 e. The number of rotatable bonds is 0. The van der Waals surface area contributed by atoms with Crippen LogP contribution in [0.3, 0.4) is 0 Å². The molecular formula is C19H23N. The fourth-order valence-electron chi connectivity index (χ4n) is 2.82. The summed E-state index contributed by atoms with van der Waals surface area (Å²) in [6, 6.07) is 10.6. The molecule has 0 spiro atoms. The first-order valence-corrected chi connectivity index (χ1v) is 7.35. The Morgan fingerprint density at radius 3 is 2.15 bits per heavy atom. The van der Waals surface area contributed by atoms with Crippen molar-refractivity contribution in [2.24, 2.45) is 0 Å². The monoisotopic (exact) mass is 265 g/mol. The van der Waals surface area contributed by atoms with Crippen LogP contribution in [-0.2, 0) is 0 Å². The lowest BCUT2D eigenvalue weighted by atomic mass is 9.95. The molecule has 0 amide bonds. The maximum absolute atomic E-state index is 4.84. The number of fused-ring (bicyclic) bond motifs is 2. The minimum Gasteiger partial charge on any atom is -0.247 e. The normalized spacial score (nSPS) is 10.5. The van der Waals surface area contributed by atoms with Crippen molar-refractivity contribution in [3.63, 3.8) is 0 Å². The summed E-state index contributed by atoms with van der Waals surface area (Å²) in [5, 5.41) is 2.59. The molecule has 0 radical (unpaired) electrons. The van der Waals surface area contributed by atoms with Crippen LogP contribution in [0.15, 0.2) is 30.3 Å². The van der Waals surface area contributed by atoms with Crippen LogP contribution in [0.1, 0.15) is 36.1 Å². The molecule has 20 heavy (non-hydrogen) atoms. The van der Waals surface area contributed by atoms with Gasteiger partial charge in [-0.15, -0.1) is 0 Å². The summed E-state index contributed by atoms with van der Waals surface area (Å²) in [6.07, 6.45) is 0. The summed E-state index contributed by atoms with van der Waals surface area (Å²) < 4.78 is 0. The average Bonchev–Trinajstić information content (AvgIpc) is 2.47. The van der Waals surface area contributed by atoms with Gasteiger partial charge in [-0.3, -0.25) is 0 Å². The molecular weight excluding hydrogens is 242 g/mol. The molecule has 3 aromatic rings. The van der Waals surface area contributed by atoms with Gasteiger partial charge in [0.1, 0.15) is 0 Å². The first-order chi connectivity index (χ1) is 9.59. The number of nitrogens with zero attached hydrogens (tertiary/aromatic N) is 1. The van der Waals surface area contributed by atoms with Crippen LogP contribution in [0.25, 0.3) is 21.8 Å². The maximum Gasteiger partial charge on any atom is 0.0744 e. The standard InChI is InChI=1S/C17H17N.C2H6/c1-10-9-11(2)17-16(12(10)3)13(4)14-7-5-6-8-15(14)18-17;1-2/h5-9H,1-4H3;1-2H3. The third-order valence-electron chi connectivity index (χ3n) is 3.93. The average molecular weight is 265 g/mol. The van der Waals surface area contributed by atoms with E-state index in [1.807, 2.05) is 13.8 Å². The summed E-state index contributed by atoms with van der Waals surface area (Å²) in [6.45, 7) is 12.7. The van der Waals surface area contributed by atoms with Crippen molar-refractivity contribution < 1.29 is 0 Å².